The smallest absolute Gasteiger partial charge is 0.410 e. The van der Waals surface area contributed by atoms with Gasteiger partial charge in [-0.3, -0.25) is 14.7 Å². The van der Waals surface area contributed by atoms with Gasteiger partial charge in [0.1, 0.15) is 17.6 Å². The second kappa shape index (κ2) is 8.40. The predicted molar refractivity (Wildman–Crippen MR) is 119 cm³/mol. The van der Waals surface area contributed by atoms with Crippen molar-refractivity contribution < 1.29 is 24.5 Å². The molecule has 33 heavy (non-hydrogen) atoms. The van der Waals surface area contributed by atoms with Gasteiger partial charge in [-0.2, -0.15) is 10.2 Å². The number of anilines is 1. The maximum Gasteiger partial charge on any atom is 0.410 e. The number of hydrogen-bond acceptors (Lipinski definition) is 7. The zero-order chi connectivity index (χ0) is 23.2. The van der Waals surface area contributed by atoms with Gasteiger partial charge < -0.3 is 19.7 Å². The summed E-state index contributed by atoms with van der Waals surface area (Å²) in [5.41, 5.74) is 2.38. The zero-order valence-corrected chi connectivity index (χ0v) is 18.6. The summed E-state index contributed by atoms with van der Waals surface area (Å²) in [5.74, 6) is -0.341. The van der Waals surface area contributed by atoms with Crippen molar-refractivity contribution in [2.45, 2.75) is 70.1 Å². The summed E-state index contributed by atoms with van der Waals surface area (Å²) in [6.45, 7) is 4.86. The first kappa shape index (κ1) is 21.8. The highest BCUT2D eigenvalue weighted by Crippen LogP contribution is 2.35. The third-order valence-electron chi connectivity index (χ3n) is 6.20. The molecular weight excluding hydrogens is 428 g/mol. The summed E-state index contributed by atoms with van der Waals surface area (Å²) in [6, 6.07) is 1.83. The number of nitrogens with zero attached hydrogens (tertiary/aromatic N) is 5. The molecule has 4 heterocycles. The number of fused-ring (bicyclic) bond motifs is 1. The van der Waals surface area contributed by atoms with E-state index < -0.39 is 11.9 Å². The number of ether oxygens (including phenoxy) is 2. The van der Waals surface area contributed by atoms with Crippen molar-refractivity contribution in [1.29, 1.82) is 0 Å². The number of hydrogen-bond donors (Lipinski definition) is 3. The van der Waals surface area contributed by atoms with Crippen LogP contribution in [0, 0.1) is 0 Å². The largest absolute Gasteiger partial charge is 0.465 e. The van der Waals surface area contributed by atoms with E-state index in [1.807, 2.05) is 29.4 Å². The Morgan fingerprint density at radius 1 is 1.27 bits per heavy atom. The number of aromatic nitrogens is 5. The van der Waals surface area contributed by atoms with Crippen LogP contribution in [0.5, 0.6) is 0 Å². The Hall–Kier alpha value is -3.02. The lowest BCUT2D eigenvalue weighted by Crippen LogP contribution is -2.24. The number of aliphatic hydroxyl groups is 1. The molecule has 1 aliphatic heterocycles. The summed E-state index contributed by atoms with van der Waals surface area (Å²) < 4.78 is 15.3. The maximum absolute atomic E-state index is 11.1. The highest BCUT2D eigenvalue weighted by molar-refractivity contribution is 5.95. The average molecular weight is 457 g/mol. The Bertz CT molecular complexity index is 1160. The standard InChI is InChI=1S/C22H28N6O5/c1-22(2)32-12-16(33-22)11-27-10-13(8-24-27)20-17-9-23-19(25-21(30)31)7-18(17)28(26-20)14-3-5-15(29)6-4-14/h7-10,14-16,29H,3-6,11-12H2,1-2H3,(H,23,25)(H,30,31)/t14?,15?,16-/m1/s1. The Morgan fingerprint density at radius 2 is 2.06 bits per heavy atom. The molecule has 0 aromatic carbocycles. The van der Waals surface area contributed by atoms with Crippen molar-refractivity contribution in [3.8, 4) is 11.3 Å². The van der Waals surface area contributed by atoms with E-state index in [-0.39, 0.29) is 24.1 Å². The molecule has 1 saturated heterocycles. The molecule has 0 radical (unpaired) electrons. The zero-order valence-electron chi connectivity index (χ0n) is 18.6. The van der Waals surface area contributed by atoms with Crippen molar-refractivity contribution >= 4 is 22.8 Å². The number of aliphatic hydroxyl groups excluding tert-OH is 1. The predicted octanol–water partition coefficient (Wildman–Crippen LogP) is 3.01. The molecule has 1 aliphatic carbocycles. The summed E-state index contributed by atoms with van der Waals surface area (Å²) >= 11 is 0. The Labute approximate surface area is 190 Å². The first-order chi connectivity index (χ1) is 15.8. The minimum atomic E-state index is -1.17. The van der Waals surface area contributed by atoms with Crippen LogP contribution in [-0.2, 0) is 16.0 Å². The van der Waals surface area contributed by atoms with Gasteiger partial charge in [-0.05, 0) is 39.5 Å². The Balaban J connectivity index is 1.48. The number of carbonyl (C=O) groups is 1. The van der Waals surface area contributed by atoms with Gasteiger partial charge in [0.2, 0.25) is 0 Å². The van der Waals surface area contributed by atoms with Crippen LogP contribution in [0.2, 0.25) is 0 Å². The lowest BCUT2D eigenvalue weighted by Gasteiger charge is -2.26. The third-order valence-corrected chi connectivity index (χ3v) is 6.20. The second-order valence-electron chi connectivity index (χ2n) is 9.17. The molecule has 3 N–H and O–H groups in total. The maximum atomic E-state index is 11.1. The molecule has 0 bridgehead atoms. The third kappa shape index (κ3) is 4.56. The van der Waals surface area contributed by atoms with Crippen LogP contribution in [0.4, 0.5) is 10.6 Å². The molecule has 11 heteroatoms. The lowest BCUT2D eigenvalue weighted by atomic mass is 9.93. The van der Waals surface area contributed by atoms with Gasteiger partial charge in [0, 0.05) is 29.4 Å². The molecule has 11 nitrogen and oxygen atoms in total. The van der Waals surface area contributed by atoms with Crippen LogP contribution in [0.1, 0.15) is 45.6 Å². The highest BCUT2D eigenvalue weighted by atomic mass is 16.7. The minimum Gasteiger partial charge on any atom is -0.465 e. The van der Waals surface area contributed by atoms with Gasteiger partial charge in [0.15, 0.2) is 5.79 Å². The molecule has 3 aromatic rings. The number of carboxylic acid groups (broad SMARTS) is 1. The van der Waals surface area contributed by atoms with Crippen LogP contribution < -0.4 is 5.32 Å². The monoisotopic (exact) mass is 456 g/mol. The van der Waals surface area contributed by atoms with Crippen LogP contribution in [0.3, 0.4) is 0 Å². The van der Waals surface area contributed by atoms with E-state index in [4.69, 9.17) is 19.7 Å². The van der Waals surface area contributed by atoms with E-state index in [0.29, 0.717) is 26.0 Å². The van der Waals surface area contributed by atoms with Crippen molar-refractivity contribution in [2.75, 3.05) is 11.9 Å². The van der Waals surface area contributed by atoms with Gasteiger partial charge >= 0.3 is 6.09 Å². The van der Waals surface area contributed by atoms with E-state index in [9.17, 15) is 9.90 Å². The van der Waals surface area contributed by atoms with E-state index in [2.05, 4.69) is 15.4 Å². The van der Waals surface area contributed by atoms with Gasteiger partial charge in [0.05, 0.1) is 37.0 Å². The fourth-order valence-corrected chi connectivity index (χ4v) is 4.65. The molecule has 0 unspecified atom stereocenters. The molecule has 1 amide bonds. The van der Waals surface area contributed by atoms with E-state index in [0.717, 1.165) is 35.0 Å². The highest BCUT2D eigenvalue weighted by Gasteiger charge is 2.33. The van der Waals surface area contributed by atoms with E-state index in [1.165, 1.54) is 0 Å². The van der Waals surface area contributed by atoms with E-state index in [1.54, 1.807) is 18.5 Å². The fraction of sp³-hybridized carbons (Fsp3) is 0.545. The Kier molecular flexibility index (Phi) is 5.55. The van der Waals surface area contributed by atoms with Crippen LogP contribution >= 0.6 is 0 Å². The summed E-state index contributed by atoms with van der Waals surface area (Å²) in [6.07, 6.45) is 6.83. The van der Waals surface area contributed by atoms with E-state index >= 15 is 0 Å². The number of amides is 1. The van der Waals surface area contributed by atoms with Crippen molar-refractivity contribution in [3.05, 3.63) is 24.7 Å². The quantitative estimate of drug-likeness (QED) is 0.533. The van der Waals surface area contributed by atoms with Crippen molar-refractivity contribution in [2.24, 2.45) is 0 Å². The SMILES string of the molecule is CC1(C)OC[C@@H](Cn2cc(-c3nn(C4CCC(O)CC4)c4cc(NC(=O)O)ncc34)cn2)O1. The molecule has 2 fully saturated rings. The number of pyridine rings is 1. The van der Waals surface area contributed by atoms with Gasteiger partial charge in [0.25, 0.3) is 0 Å². The molecule has 1 atom stereocenters. The number of nitrogens with one attached hydrogen (secondary N) is 1. The van der Waals surface area contributed by atoms with Crippen LogP contribution in [0.25, 0.3) is 22.2 Å². The molecule has 176 valence electrons. The van der Waals surface area contributed by atoms with Gasteiger partial charge in [-0.15, -0.1) is 0 Å². The van der Waals surface area contributed by atoms with Gasteiger partial charge in [-0.1, -0.05) is 0 Å². The molecule has 0 spiro atoms. The molecule has 3 aromatic heterocycles. The van der Waals surface area contributed by atoms with Crippen molar-refractivity contribution in [1.82, 2.24) is 24.5 Å². The lowest BCUT2D eigenvalue weighted by molar-refractivity contribution is -0.139. The molecular formula is C22H28N6O5. The fourth-order valence-electron chi connectivity index (χ4n) is 4.65. The summed E-state index contributed by atoms with van der Waals surface area (Å²) in [7, 11) is 0. The second-order valence-corrected chi connectivity index (χ2v) is 9.17. The average Bonchev–Trinajstić information content (AvgIpc) is 3.45. The summed E-state index contributed by atoms with van der Waals surface area (Å²) in [5, 5.41) is 31.5. The van der Waals surface area contributed by atoms with Crippen LogP contribution in [0.15, 0.2) is 24.7 Å². The number of rotatable bonds is 5. The molecule has 5 rings (SSSR count). The van der Waals surface area contributed by atoms with Crippen molar-refractivity contribution in [3.63, 3.8) is 0 Å². The van der Waals surface area contributed by atoms with Crippen LogP contribution in [-0.4, -0.2) is 65.5 Å². The molecule has 1 saturated carbocycles. The topological polar surface area (TPSA) is 137 Å². The minimum absolute atomic E-state index is 0.0814. The summed E-state index contributed by atoms with van der Waals surface area (Å²) in [4.78, 5) is 15.4. The Morgan fingerprint density at radius 3 is 2.76 bits per heavy atom. The van der Waals surface area contributed by atoms with Gasteiger partial charge in [-0.25, -0.2) is 9.78 Å². The first-order valence-corrected chi connectivity index (χ1v) is 11.2. The molecule has 2 aliphatic rings. The first-order valence-electron chi connectivity index (χ1n) is 11.2. The normalized spacial score (nSPS) is 24.9.